The molecule has 1 amide bonds. The van der Waals surface area contributed by atoms with E-state index in [4.69, 9.17) is 15.8 Å². The highest BCUT2D eigenvalue weighted by molar-refractivity contribution is 6.10. The minimum atomic E-state index is -0.300. The lowest BCUT2D eigenvalue weighted by Gasteiger charge is -2.23. The number of anilines is 2. The Labute approximate surface area is 174 Å². The molecule has 0 spiro atoms. The molecule has 3 rings (SSSR count). The van der Waals surface area contributed by atoms with Crippen LogP contribution in [0.2, 0.25) is 0 Å². The molecule has 3 aromatic carbocycles. The van der Waals surface area contributed by atoms with Gasteiger partial charge in [0.1, 0.15) is 23.9 Å². The van der Waals surface area contributed by atoms with Crippen molar-refractivity contribution in [2.45, 2.75) is 6.92 Å². The summed E-state index contributed by atoms with van der Waals surface area (Å²) in [5, 5.41) is 31.8. The lowest BCUT2D eigenvalue weighted by Crippen LogP contribution is -2.30. The molecular formula is C24H17N5O. The van der Waals surface area contributed by atoms with Gasteiger partial charge in [0.2, 0.25) is 0 Å². The van der Waals surface area contributed by atoms with Gasteiger partial charge in [-0.1, -0.05) is 36.4 Å². The number of carbonyl (C=O) groups is 1. The first-order valence-corrected chi connectivity index (χ1v) is 9.24. The van der Waals surface area contributed by atoms with Crippen LogP contribution in [0.3, 0.4) is 0 Å². The Morgan fingerprint density at radius 2 is 1.57 bits per heavy atom. The summed E-state index contributed by atoms with van der Waals surface area (Å²) in [6, 6.07) is 25.5. The number of carbonyl (C=O) groups excluding carboxylic acids is 1. The molecule has 0 fully saturated rings. The summed E-state index contributed by atoms with van der Waals surface area (Å²) < 4.78 is 0. The van der Waals surface area contributed by atoms with Gasteiger partial charge < -0.3 is 10.2 Å². The fraction of sp³-hybridized carbons (Fsp3) is 0.0833. The van der Waals surface area contributed by atoms with Gasteiger partial charge in [0.05, 0.1) is 5.69 Å². The van der Waals surface area contributed by atoms with E-state index in [1.807, 2.05) is 49.4 Å². The molecule has 0 atom stereocenters. The van der Waals surface area contributed by atoms with E-state index >= 15 is 0 Å². The van der Waals surface area contributed by atoms with Gasteiger partial charge in [-0.05, 0) is 42.6 Å². The van der Waals surface area contributed by atoms with Gasteiger partial charge in [-0.3, -0.25) is 4.79 Å². The maximum absolute atomic E-state index is 13.2. The molecule has 0 heterocycles. The number of hydrogen-bond acceptors (Lipinski definition) is 5. The van der Waals surface area contributed by atoms with E-state index in [1.54, 1.807) is 47.4 Å². The third kappa shape index (κ3) is 3.97. The fourth-order valence-corrected chi connectivity index (χ4v) is 3.15. The van der Waals surface area contributed by atoms with Crippen LogP contribution in [0.25, 0.3) is 10.8 Å². The topological polar surface area (TPSA) is 104 Å². The normalized spacial score (nSPS) is 9.67. The van der Waals surface area contributed by atoms with E-state index in [9.17, 15) is 4.79 Å². The van der Waals surface area contributed by atoms with Crippen LogP contribution in [0, 0.1) is 34.0 Å². The molecule has 0 radical (unpaired) electrons. The van der Waals surface area contributed by atoms with Gasteiger partial charge in [-0.15, -0.1) is 0 Å². The Bertz CT molecular complexity index is 1230. The van der Waals surface area contributed by atoms with Gasteiger partial charge in [-0.25, -0.2) is 0 Å². The van der Waals surface area contributed by atoms with Crippen molar-refractivity contribution in [3.8, 4) is 18.2 Å². The molecule has 0 saturated carbocycles. The Balaban J connectivity index is 1.90. The fourth-order valence-electron chi connectivity index (χ4n) is 3.15. The smallest absolute Gasteiger partial charge is 0.258 e. The molecule has 1 N–H and O–H groups in total. The molecular weight excluding hydrogens is 374 g/mol. The first-order valence-electron chi connectivity index (χ1n) is 9.24. The molecule has 0 saturated heterocycles. The molecule has 144 valence electrons. The van der Waals surface area contributed by atoms with Crippen molar-refractivity contribution < 1.29 is 4.79 Å². The zero-order valence-electron chi connectivity index (χ0n) is 16.3. The van der Waals surface area contributed by atoms with Crippen molar-refractivity contribution in [3.05, 3.63) is 83.6 Å². The van der Waals surface area contributed by atoms with E-state index in [1.165, 1.54) is 0 Å². The summed E-state index contributed by atoms with van der Waals surface area (Å²) in [5.74, 6) is -0.147. The average molecular weight is 391 g/mol. The van der Waals surface area contributed by atoms with Gasteiger partial charge in [0, 0.05) is 23.2 Å². The average Bonchev–Trinajstić information content (AvgIpc) is 2.80. The predicted molar refractivity (Wildman–Crippen MR) is 115 cm³/mol. The maximum Gasteiger partial charge on any atom is 0.258 e. The zero-order chi connectivity index (χ0) is 21.5. The minimum Gasteiger partial charge on any atom is -0.345 e. The Kier molecular flexibility index (Phi) is 6.08. The summed E-state index contributed by atoms with van der Waals surface area (Å²) in [7, 11) is 0. The van der Waals surface area contributed by atoms with Crippen LogP contribution in [-0.2, 0) is 0 Å². The van der Waals surface area contributed by atoms with Crippen molar-refractivity contribution in [3.63, 3.8) is 0 Å². The Hall–Kier alpha value is -4.60. The number of fused-ring (bicyclic) bond motifs is 1. The lowest BCUT2D eigenvalue weighted by molar-refractivity contribution is 0.0988. The van der Waals surface area contributed by atoms with Crippen LogP contribution >= 0.6 is 0 Å². The second-order valence-corrected chi connectivity index (χ2v) is 6.34. The van der Waals surface area contributed by atoms with Gasteiger partial charge in [0.15, 0.2) is 5.57 Å². The number of amides is 1. The molecule has 3 aromatic rings. The molecule has 0 unspecified atom stereocenters. The highest BCUT2D eigenvalue weighted by Crippen LogP contribution is 2.28. The number of nitriles is 3. The molecule has 6 heteroatoms. The van der Waals surface area contributed by atoms with Gasteiger partial charge in [-0.2, -0.15) is 15.8 Å². The second kappa shape index (κ2) is 9.06. The Morgan fingerprint density at radius 3 is 2.20 bits per heavy atom. The zero-order valence-corrected chi connectivity index (χ0v) is 16.3. The highest BCUT2D eigenvalue weighted by Gasteiger charge is 2.18. The summed E-state index contributed by atoms with van der Waals surface area (Å²) in [6.07, 6.45) is 0. The summed E-state index contributed by atoms with van der Waals surface area (Å²) in [6.45, 7) is 2.42. The minimum absolute atomic E-state index is 0.134. The number of hydrogen-bond donors (Lipinski definition) is 1. The number of nitrogens with zero attached hydrogens (tertiary/aromatic N) is 4. The summed E-state index contributed by atoms with van der Waals surface area (Å²) >= 11 is 0. The molecule has 0 aliphatic heterocycles. The van der Waals surface area contributed by atoms with Crippen LogP contribution in [0.5, 0.6) is 0 Å². The first kappa shape index (κ1) is 20.1. The number of nitrogens with one attached hydrogen (secondary N) is 1. The summed E-state index contributed by atoms with van der Waals surface area (Å²) in [5.41, 5.74) is 1.39. The van der Waals surface area contributed by atoms with Crippen molar-refractivity contribution >= 4 is 28.1 Å². The van der Waals surface area contributed by atoms with Crippen LogP contribution in [-0.4, -0.2) is 12.5 Å². The van der Waals surface area contributed by atoms with E-state index in [-0.39, 0.29) is 17.2 Å². The number of allylic oxidation sites excluding steroid dienone is 2. The molecule has 0 aliphatic rings. The van der Waals surface area contributed by atoms with E-state index in [0.717, 1.165) is 16.5 Å². The van der Waals surface area contributed by atoms with E-state index in [2.05, 4.69) is 5.32 Å². The molecule has 30 heavy (non-hydrogen) atoms. The monoisotopic (exact) mass is 391 g/mol. The van der Waals surface area contributed by atoms with E-state index in [0.29, 0.717) is 17.8 Å². The standard InChI is InChI=1S/C24H17N5O/c1-2-29(23-9-5-7-17-6-3-4-8-21(17)23)24(30)18-10-12-20(13-11-18)28-22(16-27)19(14-25)15-26/h3-13,28H,2H2,1H3. The molecule has 0 aliphatic carbocycles. The van der Waals surface area contributed by atoms with Gasteiger partial charge >= 0.3 is 0 Å². The van der Waals surface area contributed by atoms with Crippen LogP contribution in [0.15, 0.2) is 78.0 Å². The quantitative estimate of drug-likeness (QED) is 0.633. The Morgan fingerprint density at radius 1 is 0.900 bits per heavy atom. The number of rotatable bonds is 5. The van der Waals surface area contributed by atoms with Crippen LogP contribution in [0.4, 0.5) is 11.4 Å². The molecule has 6 nitrogen and oxygen atoms in total. The number of benzene rings is 3. The SMILES string of the molecule is CCN(C(=O)c1ccc(NC(C#N)=C(C#N)C#N)cc1)c1cccc2ccccc12. The maximum atomic E-state index is 13.2. The van der Waals surface area contributed by atoms with Crippen LogP contribution < -0.4 is 10.2 Å². The van der Waals surface area contributed by atoms with Crippen molar-refractivity contribution in [1.29, 1.82) is 15.8 Å². The van der Waals surface area contributed by atoms with Crippen molar-refractivity contribution in [2.24, 2.45) is 0 Å². The van der Waals surface area contributed by atoms with Crippen LogP contribution in [0.1, 0.15) is 17.3 Å². The van der Waals surface area contributed by atoms with Crippen molar-refractivity contribution in [2.75, 3.05) is 16.8 Å². The van der Waals surface area contributed by atoms with E-state index < -0.39 is 0 Å². The third-order valence-electron chi connectivity index (χ3n) is 4.61. The van der Waals surface area contributed by atoms with Crippen molar-refractivity contribution in [1.82, 2.24) is 0 Å². The highest BCUT2D eigenvalue weighted by atomic mass is 16.2. The predicted octanol–water partition coefficient (Wildman–Crippen LogP) is 4.74. The first-order chi connectivity index (χ1) is 14.6. The second-order valence-electron chi connectivity index (χ2n) is 6.34. The largest absolute Gasteiger partial charge is 0.345 e. The lowest BCUT2D eigenvalue weighted by atomic mass is 10.1. The van der Waals surface area contributed by atoms with Gasteiger partial charge in [0.25, 0.3) is 5.91 Å². The molecule has 0 aromatic heterocycles. The third-order valence-corrected chi connectivity index (χ3v) is 4.61. The summed E-state index contributed by atoms with van der Waals surface area (Å²) in [4.78, 5) is 14.9. The molecule has 0 bridgehead atoms.